The average molecular weight is 481 g/mol. The maximum atomic E-state index is 12.9. The Labute approximate surface area is 201 Å². The molecule has 0 spiro atoms. The van der Waals surface area contributed by atoms with E-state index in [4.69, 9.17) is 0 Å². The smallest absolute Gasteiger partial charge is 0.263 e. The lowest BCUT2D eigenvalue weighted by molar-refractivity contribution is -0.113. The topological polar surface area (TPSA) is 102 Å². The van der Waals surface area contributed by atoms with E-state index < -0.39 is 0 Å². The van der Waals surface area contributed by atoms with Crippen molar-refractivity contribution in [1.82, 2.24) is 33.8 Å². The van der Waals surface area contributed by atoms with Gasteiger partial charge in [-0.2, -0.15) is 5.10 Å². The summed E-state index contributed by atoms with van der Waals surface area (Å²) in [5, 5.41) is 16.8. The predicted molar refractivity (Wildman–Crippen MR) is 134 cm³/mol. The molecule has 3 aromatic heterocycles. The largest absolute Gasteiger partial charge is 0.323 e. The van der Waals surface area contributed by atoms with E-state index in [1.807, 2.05) is 33.5 Å². The van der Waals surface area contributed by atoms with Gasteiger partial charge >= 0.3 is 0 Å². The third kappa shape index (κ3) is 4.90. The maximum Gasteiger partial charge on any atom is 0.263 e. The summed E-state index contributed by atoms with van der Waals surface area (Å²) < 4.78 is 5.17. The van der Waals surface area contributed by atoms with Crippen LogP contribution in [0.15, 0.2) is 59.3 Å². The van der Waals surface area contributed by atoms with Crippen molar-refractivity contribution >= 4 is 40.0 Å². The predicted octanol–water partition coefficient (Wildman–Crippen LogP) is 2.50. The van der Waals surface area contributed by atoms with E-state index in [1.54, 1.807) is 18.3 Å². The second-order valence-corrected chi connectivity index (χ2v) is 8.64. The highest BCUT2D eigenvalue weighted by Crippen LogP contribution is 2.22. The number of fused-ring (bicyclic) bond motifs is 3. The Morgan fingerprint density at radius 3 is 2.79 bits per heavy atom. The molecule has 0 unspecified atom stereocenters. The van der Waals surface area contributed by atoms with E-state index in [0.717, 1.165) is 26.2 Å². The molecule has 0 aliphatic heterocycles. The number of nitrogens with one attached hydrogen (secondary N) is 1. The van der Waals surface area contributed by atoms with Crippen LogP contribution in [0.5, 0.6) is 0 Å². The molecule has 0 saturated heterocycles. The molecule has 0 aliphatic rings. The van der Waals surface area contributed by atoms with Crippen LogP contribution in [-0.4, -0.2) is 65.1 Å². The van der Waals surface area contributed by atoms with Crippen LogP contribution in [0.25, 0.3) is 16.7 Å². The van der Waals surface area contributed by atoms with Crippen molar-refractivity contribution in [3.8, 4) is 0 Å². The molecule has 0 aliphatic carbocycles. The molecule has 3 heterocycles. The van der Waals surface area contributed by atoms with Crippen molar-refractivity contribution in [3.63, 3.8) is 0 Å². The molecule has 0 bridgehead atoms. The quantitative estimate of drug-likeness (QED) is 0.260. The number of nitrogens with zero attached hydrogens (tertiary/aromatic N) is 7. The molecule has 0 atom stereocenters. The van der Waals surface area contributed by atoms with E-state index in [9.17, 15) is 9.59 Å². The number of para-hydroxylation sites is 1. The number of hydrogen-bond acceptors (Lipinski definition) is 7. The second-order valence-electron chi connectivity index (χ2n) is 7.70. The lowest BCUT2D eigenvalue weighted by Crippen LogP contribution is -2.27. The van der Waals surface area contributed by atoms with Crippen LogP contribution < -0.4 is 10.9 Å². The number of likely N-dealkylation sites (N-methyl/N-ethyl adjacent to an activating group) is 1. The molecule has 4 aromatic rings. The van der Waals surface area contributed by atoms with Gasteiger partial charge in [0.25, 0.3) is 5.56 Å². The van der Waals surface area contributed by atoms with Crippen molar-refractivity contribution < 1.29 is 4.79 Å². The zero-order valence-corrected chi connectivity index (χ0v) is 20.2. The number of hydrogen-bond donors (Lipinski definition) is 1. The van der Waals surface area contributed by atoms with Gasteiger partial charge in [-0.1, -0.05) is 43.8 Å². The third-order valence-electron chi connectivity index (χ3n) is 5.58. The van der Waals surface area contributed by atoms with Crippen LogP contribution in [0, 0.1) is 0 Å². The van der Waals surface area contributed by atoms with E-state index in [-0.39, 0.29) is 17.2 Å². The first kappa shape index (κ1) is 23.7. The van der Waals surface area contributed by atoms with Gasteiger partial charge in [-0.15, -0.1) is 16.8 Å². The molecule has 178 valence electrons. The van der Waals surface area contributed by atoms with Gasteiger partial charge in [0, 0.05) is 19.3 Å². The highest BCUT2D eigenvalue weighted by atomic mass is 32.2. The number of benzene rings is 1. The second kappa shape index (κ2) is 10.7. The molecule has 10 nitrogen and oxygen atoms in total. The summed E-state index contributed by atoms with van der Waals surface area (Å²) in [6.45, 7) is 12.0. The van der Waals surface area contributed by atoms with E-state index in [0.29, 0.717) is 34.1 Å². The maximum absolute atomic E-state index is 12.9. The molecule has 4 rings (SSSR count). The van der Waals surface area contributed by atoms with Gasteiger partial charge in [-0.05, 0) is 25.2 Å². The number of allylic oxidation sites excluding steroid dienone is 1. The standard InChI is InChI=1S/C23H28N8O2S/c1-4-11-30-21(33)18-9-7-8-10-19(18)31-22(30)26-27-23(31)34-16-20(32)25-17-14-24-29(15-17)13-12-28(5-2)6-3/h4,7-10,14-15H,1,5-6,11-13,16H2,2-3H3,(H,25,32). The van der Waals surface area contributed by atoms with Crippen molar-refractivity contribution in [3.05, 3.63) is 59.7 Å². The van der Waals surface area contributed by atoms with E-state index >= 15 is 0 Å². The number of anilines is 1. The van der Waals surface area contributed by atoms with Gasteiger partial charge < -0.3 is 10.2 Å². The molecule has 34 heavy (non-hydrogen) atoms. The van der Waals surface area contributed by atoms with E-state index in [1.165, 1.54) is 16.3 Å². The summed E-state index contributed by atoms with van der Waals surface area (Å²) >= 11 is 1.26. The van der Waals surface area contributed by atoms with Crippen molar-refractivity contribution in [2.75, 3.05) is 30.7 Å². The number of carbonyl (C=O) groups excluding carboxylic acids is 1. The van der Waals surface area contributed by atoms with Crippen LogP contribution in [0.4, 0.5) is 5.69 Å². The molecule has 1 amide bonds. The molecule has 0 fully saturated rings. The fourth-order valence-electron chi connectivity index (χ4n) is 3.78. The minimum atomic E-state index is -0.172. The SMILES string of the molecule is C=CCn1c(=O)c2ccccc2n2c(SCC(=O)Nc3cnn(CCN(CC)CC)c3)nnc12. The first-order valence-electron chi connectivity index (χ1n) is 11.2. The Morgan fingerprint density at radius 2 is 2.03 bits per heavy atom. The minimum Gasteiger partial charge on any atom is -0.323 e. The molecule has 11 heteroatoms. The molecule has 0 saturated carbocycles. The number of amides is 1. The van der Waals surface area contributed by atoms with Crippen LogP contribution in [-0.2, 0) is 17.9 Å². The van der Waals surface area contributed by atoms with Gasteiger partial charge in [0.1, 0.15) is 0 Å². The minimum absolute atomic E-state index is 0.139. The molecule has 1 N–H and O–H groups in total. The summed E-state index contributed by atoms with van der Waals surface area (Å²) in [6.07, 6.45) is 5.13. The summed E-state index contributed by atoms with van der Waals surface area (Å²) in [6, 6.07) is 7.30. The molecular weight excluding hydrogens is 452 g/mol. The first-order chi connectivity index (χ1) is 16.5. The fraction of sp³-hybridized carbons (Fsp3) is 0.348. The zero-order valence-electron chi connectivity index (χ0n) is 19.3. The van der Waals surface area contributed by atoms with E-state index in [2.05, 4.69) is 45.9 Å². The normalized spacial score (nSPS) is 11.5. The lowest BCUT2D eigenvalue weighted by Gasteiger charge is -2.17. The molecule has 0 radical (unpaired) electrons. The van der Waals surface area contributed by atoms with Crippen LogP contribution in [0.2, 0.25) is 0 Å². The summed E-state index contributed by atoms with van der Waals surface area (Å²) in [5.74, 6) is 0.384. The first-order valence-corrected chi connectivity index (χ1v) is 12.2. The number of carbonyl (C=O) groups is 1. The number of rotatable bonds is 11. The van der Waals surface area contributed by atoms with Gasteiger partial charge in [0.2, 0.25) is 11.7 Å². The van der Waals surface area contributed by atoms with Gasteiger partial charge in [0.15, 0.2) is 5.16 Å². The Balaban J connectivity index is 1.47. The van der Waals surface area contributed by atoms with Crippen molar-refractivity contribution in [2.24, 2.45) is 0 Å². The number of thioether (sulfide) groups is 1. The highest BCUT2D eigenvalue weighted by molar-refractivity contribution is 7.99. The van der Waals surface area contributed by atoms with Gasteiger partial charge in [-0.25, -0.2) is 0 Å². The molecule has 1 aromatic carbocycles. The lowest BCUT2D eigenvalue weighted by atomic mass is 10.2. The van der Waals surface area contributed by atoms with Crippen molar-refractivity contribution in [2.45, 2.75) is 32.1 Å². The van der Waals surface area contributed by atoms with Gasteiger partial charge in [-0.3, -0.25) is 23.2 Å². The highest BCUT2D eigenvalue weighted by Gasteiger charge is 2.17. The van der Waals surface area contributed by atoms with Gasteiger partial charge in [0.05, 0.1) is 35.1 Å². The van der Waals surface area contributed by atoms with Crippen LogP contribution in [0.1, 0.15) is 13.8 Å². The van der Waals surface area contributed by atoms with Crippen molar-refractivity contribution in [1.29, 1.82) is 0 Å². The third-order valence-corrected chi connectivity index (χ3v) is 6.51. The average Bonchev–Trinajstić information content (AvgIpc) is 3.48. The zero-order chi connectivity index (χ0) is 24.1. The Hall–Kier alpha value is -3.44. The Bertz CT molecular complexity index is 1370. The summed E-state index contributed by atoms with van der Waals surface area (Å²) in [7, 11) is 0. The fourth-order valence-corrected chi connectivity index (χ4v) is 4.52. The summed E-state index contributed by atoms with van der Waals surface area (Å²) in [4.78, 5) is 27.8. The van der Waals surface area contributed by atoms with Crippen LogP contribution >= 0.6 is 11.8 Å². The molecular formula is C23H28N8O2S. The van der Waals surface area contributed by atoms with Crippen LogP contribution in [0.3, 0.4) is 0 Å². The summed E-state index contributed by atoms with van der Waals surface area (Å²) in [5.41, 5.74) is 1.20. The monoisotopic (exact) mass is 480 g/mol. The Morgan fingerprint density at radius 1 is 1.24 bits per heavy atom. The Kier molecular flexibility index (Phi) is 7.43. The number of aromatic nitrogens is 6.